The predicted molar refractivity (Wildman–Crippen MR) is 76.6 cm³/mol. The lowest BCUT2D eigenvalue weighted by atomic mass is 10.2. The maximum atomic E-state index is 13.6. The molecule has 1 unspecified atom stereocenters. The Morgan fingerprint density at radius 2 is 1.89 bits per heavy atom. The van der Waals surface area contributed by atoms with Crippen LogP contribution in [0.1, 0.15) is 16.7 Å². The number of aryl methyl sites for hydroxylation is 1. The lowest BCUT2D eigenvalue weighted by Gasteiger charge is -2.16. The number of thiophene rings is 1. The molecule has 1 heterocycles. The summed E-state index contributed by atoms with van der Waals surface area (Å²) in [6, 6.07) is 6.25. The lowest BCUT2D eigenvalue weighted by molar-refractivity contribution is 0.584. The van der Waals surface area contributed by atoms with Crippen molar-refractivity contribution in [2.45, 2.75) is 26.3 Å². The standard InChI is InChI=1S/C14H16F2N2S/c1-8(5-11-4-3-9(2)19-11)18-14-12(15)6-10(17)7-13(14)16/h3-4,6-8,18H,5,17H2,1-2H3. The number of hydrogen-bond acceptors (Lipinski definition) is 3. The molecule has 2 nitrogen and oxygen atoms in total. The Bertz CT molecular complexity index is 558. The third kappa shape index (κ3) is 3.44. The van der Waals surface area contributed by atoms with Gasteiger partial charge in [-0.05, 0) is 38.1 Å². The van der Waals surface area contributed by atoms with Crippen molar-refractivity contribution in [2.24, 2.45) is 0 Å². The van der Waals surface area contributed by atoms with Crippen molar-refractivity contribution >= 4 is 22.7 Å². The number of benzene rings is 1. The molecule has 0 aliphatic rings. The minimum atomic E-state index is -0.660. The average Bonchev–Trinajstić information content (AvgIpc) is 2.69. The van der Waals surface area contributed by atoms with Crippen molar-refractivity contribution in [3.8, 4) is 0 Å². The molecule has 2 rings (SSSR count). The van der Waals surface area contributed by atoms with Crippen molar-refractivity contribution < 1.29 is 8.78 Å². The van der Waals surface area contributed by atoms with E-state index >= 15 is 0 Å². The molecule has 3 N–H and O–H groups in total. The van der Waals surface area contributed by atoms with Gasteiger partial charge in [0, 0.05) is 27.9 Å². The number of rotatable bonds is 4. The van der Waals surface area contributed by atoms with Crippen molar-refractivity contribution in [3.63, 3.8) is 0 Å². The molecule has 102 valence electrons. The van der Waals surface area contributed by atoms with Crippen molar-refractivity contribution in [2.75, 3.05) is 11.1 Å². The summed E-state index contributed by atoms with van der Waals surface area (Å²) >= 11 is 1.69. The first-order valence-corrected chi connectivity index (χ1v) is 6.83. The van der Waals surface area contributed by atoms with E-state index in [1.54, 1.807) is 11.3 Å². The second-order valence-electron chi connectivity index (χ2n) is 4.62. The van der Waals surface area contributed by atoms with Crippen LogP contribution in [0.5, 0.6) is 0 Å². The molecule has 0 bridgehead atoms. The highest BCUT2D eigenvalue weighted by Gasteiger charge is 2.13. The highest BCUT2D eigenvalue weighted by Crippen LogP contribution is 2.24. The molecule has 19 heavy (non-hydrogen) atoms. The molecule has 0 aliphatic carbocycles. The van der Waals surface area contributed by atoms with Crippen LogP contribution in [0.2, 0.25) is 0 Å². The van der Waals surface area contributed by atoms with E-state index < -0.39 is 11.6 Å². The Balaban J connectivity index is 2.08. The third-order valence-corrected chi connectivity index (χ3v) is 3.78. The SMILES string of the molecule is Cc1ccc(CC(C)Nc2c(F)cc(N)cc2F)s1. The van der Waals surface area contributed by atoms with Gasteiger partial charge >= 0.3 is 0 Å². The molecule has 5 heteroatoms. The molecule has 1 aromatic heterocycles. The number of anilines is 2. The van der Waals surface area contributed by atoms with Crippen molar-refractivity contribution in [1.82, 2.24) is 0 Å². The topological polar surface area (TPSA) is 38.0 Å². The highest BCUT2D eigenvalue weighted by molar-refractivity contribution is 7.11. The van der Waals surface area contributed by atoms with Gasteiger partial charge in [-0.25, -0.2) is 8.78 Å². The quantitative estimate of drug-likeness (QED) is 0.833. The van der Waals surface area contributed by atoms with Crippen LogP contribution in [0.4, 0.5) is 20.2 Å². The molecule has 0 aliphatic heterocycles. The zero-order chi connectivity index (χ0) is 14.0. The first-order valence-electron chi connectivity index (χ1n) is 6.02. The van der Waals surface area contributed by atoms with Crippen LogP contribution in [0, 0.1) is 18.6 Å². The molecular weight excluding hydrogens is 266 g/mol. The zero-order valence-electron chi connectivity index (χ0n) is 10.8. The zero-order valence-corrected chi connectivity index (χ0v) is 11.7. The summed E-state index contributed by atoms with van der Waals surface area (Å²) in [5.41, 5.74) is 5.35. The van der Waals surface area contributed by atoms with Gasteiger partial charge in [-0.2, -0.15) is 0 Å². The smallest absolute Gasteiger partial charge is 0.151 e. The van der Waals surface area contributed by atoms with E-state index in [2.05, 4.69) is 5.32 Å². The molecule has 0 saturated heterocycles. The molecule has 1 aromatic carbocycles. The first kappa shape index (κ1) is 13.8. The van der Waals surface area contributed by atoms with Crippen LogP contribution in [-0.2, 0) is 6.42 Å². The minimum absolute atomic E-state index is 0.0642. The number of halogens is 2. The predicted octanol–water partition coefficient (Wildman–Crippen LogP) is 3.96. The van der Waals surface area contributed by atoms with Crippen molar-refractivity contribution in [1.29, 1.82) is 0 Å². The Kier molecular flexibility index (Phi) is 4.04. The molecular formula is C14H16F2N2S. The largest absolute Gasteiger partial charge is 0.399 e. The van der Waals surface area contributed by atoms with Gasteiger partial charge in [0.1, 0.15) is 5.69 Å². The molecule has 0 fully saturated rings. The maximum absolute atomic E-state index is 13.6. The summed E-state index contributed by atoms with van der Waals surface area (Å²) in [5.74, 6) is -1.32. The van der Waals surface area contributed by atoms with E-state index in [9.17, 15) is 8.78 Å². The summed E-state index contributed by atoms with van der Waals surface area (Å²) in [7, 11) is 0. The Morgan fingerprint density at radius 1 is 1.26 bits per heavy atom. The van der Waals surface area contributed by atoms with Gasteiger partial charge in [-0.3, -0.25) is 0 Å². The third-order valence-electron chi connectivity index (χ3n) is 2.76. The number of nitrogen functional groups attached to an aromatic ring is 1. The number of nitrogens with two attached hydrogens (primary N) is 1. The summed E-state index contributed by atoms with van der Waals surface area (Å²) in [6.07, 6.45) is 0.724. The summed E-state index contributed by atoms with van der Waals surface area (Å²) in [5, 5.41) is 2.86. The Labute approximate surface area is 115 Å². The van der Waals surface area contributed by atoms with Gasteiger partial charge in [0.15, 0.2) is 11.6 Å². The fourth-order valence-corrected chi connectivity index (χ4v) is 2.94. The summed E-state index contributed by atoms with van der Waals surface area (Å²) in [6.45, 7) is 3.93. The maximum Gasteiger partial charge on any atom is 0.151 e. The van der Waals surface area contributed by atoms with Crippen LogP contribution in [0.15, 0.2) is 24.3 Å². The van der Waals surface area contributed by atoms with E-state index in [1.807, 2.05) is 26.0 Å². The minimum Gasteiger partial charge on any atom is -0.399 e. The van der Waals surface area contributed by atoms with Gasteiger partial charge in [-0.15, -0.1) is 11.3 Å². The van der Waals surface area contributed by atoms with Crippen LogP contribution >= 0.6 is 11.3 Å². The van der Waals surface area contributed by atoms with E-state index in [1.165, 1.54) is 9.75 Å². The van der Waals surface area contributed by atoms with Crippen LogP contribution in [0.25, 0.3) is 0 Å². The number of nitrogens with one attached hydrogen (secondary N) is 1. The van der Waals surface area contributed by atoms with Crippen molar-refractivity contribution in [3.05, 3.63) is 45.7 Å². The van der Waals surface area contributed by atoms with E-state index in [4.69, 9.17) is 5.73 Å². The molecule has 2 aromatic rings. The highest BCUT2D eigenvalue weighted by atomic mass is 32.1. The second kappa shape index (κ2) is 5.57. The van der Waals surface area contributed by atoms with Crippen LogP contribution < -0.4 is 11.1 Å². The monoisotopic (exact) mass is 282 g/mol. The van der Waals surface area contributed by atoms with Gasteiger partial charge in [0.2, 0.25) is 0 Å². The van der Waals surface area contributed by atoms with E-state index in [0.717, 1.165) is 18.6 Å². The van der Waals surface area contributed by atoms with E-state index in [0.29, 0.717) is 0 Å². The normalized spacial score (nSPS) is 12.4. The fourth-order valence-electron chi connectivity index (χ4n) is 1.92. The van der Waals surface area contributed by atoms with Crippen LogP contribution in [-0.4, -0.2) is 6.04 Å². The molecule has 0 amide bonds. The Hall–Kier alpha value is -1.62. The van der Waals surface area contributed by atoms with E-state index in [-0.39, 0.29) is 17.4 Å². The van der Waals surface area contributed by atoms with Gasteiger partial charge in [-0.1, -0.05) is 0 Å². The summed E-state index contributed by atoms with van der Waals surface area (Å²) in [4.78, 5) is 2.42. The van der Waals surface area contributed by atoms with Crippen LogP contribution in [0.3, 0.4) is 0 Å². The molecule has 0 saturated carbocycles. The Morgan fingerprint density at radius 3 is 2.42 bits per heavy atom. The molecule has 1 atom stereocenters. The van der Waals surface area contributed by atoms with Gasteiger partial charge < -0.3 is 11.1 Å². The first-order chi connectivity index (χ1) is 8.95. The fraction of sp³-hybridized carbons (Fsp3) is 0.286. The second-order valence-corrected chi connectivity index (χ2v) is 5.99. The van der Waals surface area contributed by atoms with Gasteiger partial charge in [0.25, 0.3) is 0 Å². The lowest BCUT2D eigenvalue weighted by Crippen LogP contribution is -2.19. The number of hydrogen-bond donors (Lipinski definition) is 2. The van der Waals surface area contributed by atoms with Gasteiger partial charge in [0.05, 0.1) is 0 Å². The summed E-state index contributed by atoms with van der Waals surface area (Å²) < 4.78 is 27.3. The molecule has 0 radical (unpaired) electrons. The average molecular weight is 282 g/mol. The molecule has 0 spiro atoms.